The first-order valence-corrected chi connectivity index (χ1v) is 9.60. The van der Waals surface area contributed by atoms with Gasteiger partial charge >= 0.3 is 0 Å². The van der Waals surface area contributed by atoms with Crippen molar-refractivity contribution in [3.05, 3.63) is 66.6 Å². The molecule has 2 aromatic heterocycles. The second-order valence-electron chi connectivity index (χ2n) is 7.48. The van der Waals surface area contributed by atoms with Crippen molar-refractivity contribution < 1.29 is 4.79 Å². The first-order valence-electron chi connectivity index (χ1n) is 9.60. The van der Waals surface area contributed by atoms with Crippen molar-refractivity contribution in [3.63, 3.8) is 0 Å². The lowest BCUT2D eigenvalue weighted by atomic mass is 9.94. The lowest BCUT2D eigenvalue weighted by Gasteiger charge is -2.29. The molecule has 1 aliphatic carbocycles. The summed E-state index contributed by atoms with van der Waals surface area (Å²) in [5.74, 6) is 0.506. The molecule has 5 nitrogen and oxygen atoms in total. The van der Waals surface area contributed by atoms with Crippen LogP contribution in [0.5, 0.6) is 0 Å². The Morgan fingerprint density at radius 3 is 2.78 bits per heavy atom. The molecule has 1 N–H and O–H groups in total. The van der Waals surface area contributed by atoms with E-state index in [4.69, 9.17) is 0 Å². The summed E-state index contributed by atoms with van der Waals surface area (Å²) in [6.45, 7) is 0.753. The molecule has 1 aromatic carbocycles. The van der Waals surface area contributed by atoms with Gasteiger partial charge < -0.3 is 10.2 Å². The number of pyridine rings is 2. The van der Waals surface area contributed by atoms with Gasteiger partial charge in [-0.3, -0.25) is 14.8 Å². The minimum absolute atomic E-state index is 0.110. The van der Waals surface area contributed by atoms with Gasteiger partial charge in [-0.25, -0.2) is 0 Å². The molecule has 3 aromatic rings. The van der Waals surface area contributed by atoms with E-state index in [2.05, 4.69) is 32.3 Å². The van der Waals surface area contributed by atoms with E-state index in [9.17, 15) is 4.79 Å². The maximum atomic E-state index is 12.7. The number of nitrogens with one attached hydrogen (secondary N) is 1. The third kappa shape index (κ3) is 3.03. The molecule has 2 atom stereocenters. The quantitative estimate of drug-likeness (QED) is 0.754. The van der Waals surface area contributed by atoms with Crippen molar-refractivity contribution in [3.8, 4) is 0 Å². The van der Waals surface area contributed by atoms with Gasteiger partial charge in [0.05, 0.1) is 11.6 Å². The summed E-state index contributed by atoms with van der Waals surface area (Å²) in [4.78, 5) is 23.6. The number of para-hydroxylation sites is 1. The minimum Gasteiger partial charge on any atom is -0.384 e. The van der Waals surface area contributed by atoms with Crippen LogP contribution in [0.4, 0.5) is 5.69 Å². The fraction of sp³-hybridized carbons (Fsp3) is 0.318. The topological polar surface area (TPSA) is 58.1 Å². The molecule has 5 heteroatoms. The van der Waals surface area contributed by atoms with E-state index in [1.165, 1.54) is 0 Å². The Hall–Kier alpha value is -2.95. The number of amides is 1. The number of aromatic nitrogens is 2. The van der Waals surface area contributed by atoms with Crippen LogP contribution < -0.4 is 5.32 Å². The number of nitrogens with zero attached hydrogens (tertiary/aromatic N) is 3. The predicted molar refractivity (Wildman–Crippen MR) is 105 cm³/mol. The normalized spacial score (nSPS) is 22.4. The molecule has 2 aliphatic rings. The average molecular weight is 358 g/mol. The first-order chi connectivity index (χ1) is 13.3. The van der Waals surface area contributed by atoms with Crippen molar-refractivity contribution in [2.24, 2.45) is 5.92 Å². The molecule has 0 spiro atoms. The molecule has 3 heterocycles. The van der Waals surface area contributed by atoms with Crippen molar-refractivity contribution in [2.45, 2.75) is 31.3 Å². The third-order valence-electron chi connectivity index (χ3n) is 5.64. The number of anilines is 1. The van der Waals surface area contributed by atoms with Crippen LogP contribution in [-0.4, -0.2) is 33.4 Å². The van der Waals surface area contributed by atoms with Crippen LogP contribution in [0.15, 0.2) is 61.1 Å². The van der Waals surface area contributed by atoms with Crippen LogP contribution in [0.3, 0.4) is 0 Å². The van der Waals surface area contributed by atoms with Crippen molar-refractivity contribution in [1.82, 2.24) is 14.9 Å². The van der Waals surface area contributed by atoms with E-state index in [-0.39, 0.29) is 17.9 Å². The summed E-state index contributed by atoms with van der Waals surface area (Å²) in [5, 5.41) is 4.70. The number of carbonyl (C=O) groups is 1. The second kappa shape index (κ2) is 6.65. The summed E-state index contributed by atoms with van der Waals surface area (Å²) < 4.78 is 0. The Balaban J connectivity index is 1.42. The molecule has 1 amide bonds. The molecule has 1 saturated heterocycles. The van der Waals surface area contributed by atoms with E-state index in [0.29, 0.717) is 12.5 Å². The lowest BCUT2D eigenvalue weighted by molar-refractivity contribution is -0.129. The molecular weight excluding hydrogens is 336 g/mol. The smallest absolute Gasteiger partial charge is 0.223 e. The summed E-state index contributed by atoms with van der Waals surface area (Å²) in [6, 6.07) is 14.7. The monoisotopic (exact) mass is 358 g/mol. The number of hydrogen-bond acceptors (Lipinski definition) is 4. The Kier molecular flexibility index (Phi) is 4.00. The van der Waals surface area contributed by atoms with Crippen LogP contribution in [-0.2, 0) is 4.79 Å². The molecule has 5 rings (SSSR count). The van der Waals surface area contributed by atoms with E-state index >= 15 is 0 Å². The van der Waals surface area contributed by atoms with Gasteiger partial charge in [0.2, 0.25) is 5.91 Å². The molecule has 0 radical (unpaired) electrons. The molecule has 1 aliphatic heterocycles. The molecule has 0 bridgehead atoms. The SMILES string of the molecule is O=C1C[C@@H](CNc2ccnc3ccccc23)[C@H](c2cccnc2)N1C1CC1. The van der Waals surface area contributed by atoms with Gasteiger partial charge in [-0.15, -0.1) is 0 Å². The van der Waals surface area contributed by atoms with Gasteiger partial charge in [-0.1, -0.05) is 24.3 Å². The largest absolute Gasteiger partial charge is 0.384 e. The maximum Gasteiger partial charge on any atom is 0.223 e. The van der Waals surface area contributed by atoms with Crippen LogP contribution in [0, 0.1) is 5.92 Å². The average Bonchev–Trinajstić information content (AvgIpc) is 3.49. The summed E-state index contributed by atoms with van der Waals surface area (Å²) in [6.07, 6.45) is 8.37. The highest BCUT2D eigenvalue weighted by Crippen LogP contribution is 2.44. The number of carbonyl (C=O) groups excluding carboxylic acids is 1. The zero-order valence-corrected chi connectivity index (χ0v) is 15.1. The molecule has 0 unspecified atom stereocenters. The molecule has 136 valence electrons. The number of likely N-dealkylation sites (tertiary alicyclic amines) is 1. The summed E-state index contributed by atoms with van der Waals surface area (Å²) in [7, 11) is 0. The molecular formula is C22H22N4O. The van der Waals surface area contributed by atoms with Crippen molar-refractivity contribution in [2.75, 3.05) is 11.9 Å². The Bertz CT molecular complexity index is 965. The Morgan fingerprint density at radius 1 is 1.07 bits per heavy atom. The van der Waals surface area contributed by atoms with Crippen LogP contribution in [0.25, 0.3) is 10.9 Å². The maximum absolute atomic E-state index is 12.7. The highest BCUT2D eigenvalue weighted by Gasteiger charge is 2.47. The Morgan fingerprint density at radius 2 is 1.96 bits per heavy atom. The van der Waals surface area contributed by atoms with Gasteiger partial charge in [-0.05, 0) is 36.6 Å². The van der Waals surface area contributed by atoms with Crippen molar-refractivity contribution in [1.29, 1.82) is 0 Å². The Labute approximate surface area is 158 Å². The van der Waals surface area contributed by atoms with E-state index < -0.39 is 0 Å². The predicted octanol–water partition coefficient (Wildman–Crippen LogP) is 3.79. The highest BCUT2D eigenvalue weighted by atomic mass is 16.2. The van der Waals surface area contributed by atoms with Gasteiger partial charge in [0.25, 0.3) is 0 Å². The summed E-state index contributed by atoms with van der Waals surface area (Å²) >= 11 is 0. The van der Waals surface area contributed by atoms with E-state index in [0.717, 1.165) is 41.5 Å². The fourth-order valence-electron chi connectivity index (χ4n) is 4.27. The minimum atomic E-state index is 0.110. The number of rotatable bonds is 5. The van der Waals surface area contributed by atoms with Crippen LogP contribution in [0.1, 0.15) is 30.9 Å². The van der Waals surface area contributed by atoms with Crippen LogP contribution >= 0.6 is 0 Å². The van der Waals surface area contributed by atoms with Gasteiger partial charge in [0, 0.05) is 54.6 Å². The third-order valence-corrected chi connectivity index (χ3v) is 5.64. The number of benzene rings is 1. The highest BCUT2D eigenvalue weighted by molar-refractivity contribution is 5.91. The standard InChI is InChI=1S/C22H22N4O/c27-21-12-16(14-25-20-9-11-24-19-6-2-1-5-18(19)20)22(26(21)17-7-8-17)15-4-3-10-23-13-15/h1-6,9-11,13,16-17,22H,7-8,12,14H2,(H,24,25)/t16-,22-/m0/s1. The zero-order chi connectivity index (χ0) is 18.2. The second-order valence-corrected chi connectivity index (χ2v) is 7.48. The zero-order valence-electron chi connectivity index (χ0n) is 15.1. The van der Waals surface area contributed by atoms with Gasteiger partial charge in [0.1, 0.15) is 0 Å². The van der Waals surface area contributed by atoms with E-state index in [1.54, 1.807) is 6.20 Å². The molecule has 2 fully saturated rings. The van der Waals surface area contributed by atoms with Crippen molar-refractivity contribution >= 4 is 22.5 Å². The van der Waals surface area contributed by atoms with Crippen LogP contribution in [0.2, 0.25) is 0 Å². The number of hydrogen-bond donors (Lipinski definition) is 1. The van der Waals surface area contributed by atoms with Gasteiger partial charge in [-0.2, -0.15) is 0 Å². The van der Waals surface area contributed by atoms with E-state index in [1.807, 2.05) is 42.7 Å². The lowest BCUT2D eigenvalue weighted by Crippen LogP contribution is -2.32. The molecule has 1 saturated carbocycles. The fourth-order valence-corrected chi connectivity index (χ4v) is 4.27. The van der Waals surface area contributed by atoms with Gasteiger partial charge in [0.15, 0.2) is 0 Å². The first kappa shape index (κ1) is 16.2. The number of fused-ring (bicyclic) bond motifs is 1. The summed E-state index contributed by atoms with van der Waals surface area (Å²) in [5.41, 5.74) is 3.19. The molecule has 27 heavy (non-hydrogen) atoms.